The second kappa shape index (κ2) is 9.82. The monoisotopic (exact) mass is 518 g/mol. The average Bonchev–Trinajstić information content (AvgIpc) is 3.19. The van der Waals surface area contributed by atoms with E-state index in [9.17, 15) is 22.8 Å². The first kappa shape index (κ1) is 24.9. The Labute approximate surface area is 207 Å². The molecule has 0 aliphatic heterocycles. The molecular weight excluding hydrogens is 501 g/mol. The Bertz CT molecular complexity index is 1460. The average molecular weight is 519 g/mol. The van der Waals surface area contributed by atoms with Crippen LogP contribution in [0.15, 0.2) is 54.9 Å². The van der Waals surface area contributed by atoms with Gasteiger partial charge < -0.3 is 15.4 Å². The van der Waals surface area contributed by atoms with Crippen molar-refractivity contribution in [2.24, 2.45) is 0 Å². The Hall–Kier alpha value is -4.19. The van der Waals surface area contributed by atoms with E-state index in [4.69, 9.17) is 11.6 Å². The van der Waals surface area contributed by atoms with E-state index < -0.39 is 24.1 Å². The first-order valence-electron chi connectivity index (χ1n) is 10.5. The van der Waals surface area contributed by atoms with Gasteiger partial charge in [0, 0.05) is 24.2 Å². The molecule has 0 radical (unpaired) electrons. The molecule has 9 nitrogen and oxygen atoms in total. The van der Waals surface area contributed by atoms with Gasteiger partial charge in [-0.25, -0.2) is 14.5 Å². The van der Waals surface area contributed by atoms with Crippen molar-refractivity contribution in [3.8, 4) is 17.0 Å². The normalized spacial score (nSPS) is 12.3. The van der Waals surface area contributed by atoms with E-state index in [1.807, 2.05) is 0 Å². The van der Waals surface area contributed by atoms with Crippen LogP contribution in [0.1, 0.15) is 35.8 Å². The van der Waals surface area contributed by atoms with E-state index in [2.05, 4.69) is 30.4 Å². The number of para-hydroxylation sites is 1. The van der Waals surface area contributed by atoms with Gasteiger partial charge >= 0.3 is 6.36 Å². The molecule has 0 saturated carbocycles. The fourth-order valence-corrected chi connectivity index (χ4v) is 3.62. The Kier molecular flexibility index (Phi) is 6.80. The molecule has 2 amide bonds. The predicted molar refractivity (Wildman–Crippen MR) is 125 cm³/mol. The van der Waals surface area contributed by atoms with Crippen molar-refractivity contribution in [2.75, 3.05) is 5.32 Å². The van der Waals surface area contributed by atoms with Crippen molar-refractivity contribution < 1.29 is 27.5 Å². The number of pyridine rings is 1. The maximum atomic E-state index is 13.0. The Morgan fingerprint density at radius 2 is 1.92 bits per heavy atom. The molecule has 0 saturated heterocycles. The Balaban J connectivity index is 1.59. The summed E-state index contributed by atoms with van der Waals surface area (Å²) < 4.78 is 43.8. The number of anilines is 1. The molecule has 0 aliphatic carbocycles. The quantitative estimate of drug-likeness (QED) is 0.355. The lowest BCUT2D eigenvalue weighted by Gasteiger charge is -2.19. The van der Waals surface area contributed by atoms with E-state index >= 15 is 0 Å². The minimum atomic E-state index is -4.88. The molecule has 13 heteroatoms. The first-order chi connectivity index (χ1) is 17.0. The molecule has 3 heterocycles. The number of amides is 2. The lowest BCUT2D eigenvalue weighted by molar-refractivity contribution is -0.275. The maximum Gasteiger partial charge on any atom is 0.573 e. The van der Waals surface area contributed by atoms with Crippen molar-refractivity contribution in [2.45, 2.75) is 26.3 Å². The summed E-state index contributed by atoms with van der Waals surface area (Å²) in [5.41, 5.74) is 1.50. The summed E-state index contributed by atoms with van der Waals surface area (Å²) in [5, 5.41) is 9.52. The van der Waals surface area contributed by atoms with Crippen molar-refractivity contribution in [3.63, 3.8) is 0 Å². The molecule has 36 heavy (non-hydrogen) atoms. The minimum absolute atomic E-state index is 0.00157. The van der Waals surface area contributed by atoms with E-state index in [-0.39, 0.29) is 22.2 Å². The molecule has 1 unspecified atom stereocenters. The summed E-state index contributed by atoms with van der Waals surface area (Å²) >= 11 is 6.15. The molecule has 1 aromatic carbocycles. The number of nitrogens with one attached hydrogen (secondary N) is 2. The minimum Gasteiger partial charge on any atom is -0.405 e. The van der Waals surface area contributed by atoms with Gasteiger partial charge in [-0.3, -0.25) is 9.59 Å². The van der Waals surface area contributed by atoms with Gasteiger partial charge in [0.25, 0.3) is 5.91 Å². The van der Waals surface area contributed by atoms with Gasteiger partial charge in [0.15, 0.2) is 11.5 Å². The molecule has 0 bridgehead atoms. The van der Waals surface area contributed by atoms with Gasteiger partial charge in [-0.2, -0.15) is 5.10 Å². The molecule has 186 valence electrons. The first-order valence-corrected chi connectivity index (χ1v) is 10.8. The molecule has 0 fully saturated rings. The lowest BCUT2D eigenvalue weighted by atomic mass is 10.1. The van der Waals surface area contributed by atoms with E-state index in [0.29, 0.717) is 22.7 Å². The predicted octanol–water partition coefficient (Wildman–Crippen LogP) is 4.79. The molecular formula is C23H18ClF3N6O3. The summed E-state index contributed by atoms with van der Waals surface area (Å²) in [4.78, 5) is 32.5. The Morgan fingerprint density at radius 1 is 1.17 bits per heavy atom. The molecule has 1 atom stereocenters. The van der Waals surface area contributed by atoms with Crippen LogP contribution in [-0.4, -0.2) is 37.8 Å². The fraction of sp³-hybridized carbons (Fsp3) is 0.174. The number of hydrogen-bond donors (Lipinski definition) is 2. The summed E-state index contributed by atoms with van der Waals surface area (Å²) in [6, 6.07) is 9.45. The number of imidazole rings is 1. The number of hydrogen-bond acceptors (Lipinski definition) is 6. The summed E-state index contributed by atoms with van der Waals surface area (Å²) in [6.45, 7) is 2.88. The summed E-state index contributed by atoms with van der Waals surface area (Å²) in [6.07, 6.45) is -1.93. The van der Waals surface area contributed by atoms with Crippen LogP contribution in [0, 0.1) is 0 Å². The van der Waals surface area contributed by atoms with Gasteiger partial charge in [-0.05, 0) is 31.2 Å². The highest BCUT2D eigenvalue weighted by Gasteiger charge is 2.32. The van der Waals surface area contributed by atoms with Gasteiger partial charge in [-0.15, -0.1) is 13.2 Å². The van der Waals surface area contributed by atoms with E-state index in [0.717, 1.165) is 6.07 Å². The van der Waals surface area contributed by atoms with Gasteiger partial charge in [-0.1, -0.05) is 29.8 Å². The van der Waals surface area contributed by atoms with Crippen molar-refractivity contribution in [1.29, 1.82) is 0 Å². The number of nitrogens with zero attached hydrogens (tertiary/aromatic N) is 4. The lowest BCUT2D eigenvalue weighted by Crippen LogP contribution is -2.28. The third kappa shape index (κ3) is 5.71. The third-order valence-corrected chi connectivity index (χ3v) is 5.26. The molecule has 3 aromatic heterocycles. The number of benzene rings is 1. The van der Waals surface area contributed by atoms with Crippen LogP contribution in [0.2, 0.25) is 5.15 Å². The van der Waals surface area contributed by atoms with Gasteiger partial charge in [0.1, 0.15) is 10.9 Å². The molecule has 4 aromatic rings. The number of alkyl halides is 3. The standard InChI is InChI=1S/C23H18ClF3N6O3/c1-12(15-5-3-4-6-18(15)36-23(25,26)27)29-22(35)16-9-14(10-28-21(16)24)17-7-8-20-31-19(30-13(2)34)11-33(20)32-17/h3-12H,1-2H3,(H,29,35)(H,30,34). The summed E-state index contributed by atoms with van der Waals surface area (Å²) in [5.74, 6) is -1.03. The fourth-order valence-electron chi connectivity index (χ4n) is 3.43. The number of ether oxygens (including phenoxy) is 1. The molecule has 0 spiro atoms. The van der Waals surface area contributed by atoms with Crippen LogP contribution in [0.5, 0.6) is 5.75 Å². The van der Waals surface area contributed by atoms with E-state index in [1.54, 1.807) is 12.1 Å². The van der Waals surface area contributed by atoms with Crippen LogP contribution in [-0.2, 0) is 4.79 Å². The van der Waals surface area contributed by atoms with Crippen molar-refractivity contribution in [3.05, 3.63) is 71.1 Å². The molecule has 4 rings (SSSR count). The van der Waals surface area contributed by atoms with Crippen LogP contribution >= 0.6 is 11.6 Å². The number of fused-ring (bicyclic) bond motifs is 1. The molecule has 2 N–H and O–H groups in total. The van der Waals surface area contributed by atoms with Crippen LogP contribution in [0.4, 0.5) is 19.0 Å². The zero-order valence-electron chi connectivity index (χ0n) is 18.8. The van der Waals surface area contributed by atoms with Gasteiger partial charge in [0.05, 0.1) is 23.5 Å². The smallest absolute Gasteiger partial charge is 0.405 e. The second-order valence-electron chi connectivity index (χ2n) is 7.67. The number of aromatic nitrogens is 4. The van der Waals surface area contributed by atoms with Crippen LogP contribution < -0.4 is 15.4 Å². The zero-order chi connectivity index (χ0) is 26.0. The molecule has 0 aliphatic rings. The number of carbonyl (C=O) groups is 2. The van der Waals surface area contributed by atoms with E-state index in [1.165, 1.54) is 55.0 Å². The number of carbonyl (C=O) groups excluding carboxylic acids is 2. The summed E-state index contributed by atoms with van der Waals surface area (Å²) in [7, 11) is 0. The van der Waals surface area contributed by atoms with Gasteiger partial charge in [0.2, 0.25) is 5.91 Å². The number of halogens is 4. The highest BCUT2D eigenvalue weighted by molar-refractivity contribution is 6.32. The zero-order valence-corrected chi connectivity index (χ0v) is 19.6. The highest BCUT2D eigenvalue weighted by atomic mass is 35.5. The maximum absolute atomic E-state index is 13.0. The second-order valence-corrected chi connectivity index (χ2v) is 8.03. The topological polar surface area (TPSA) is 111 Å². The van der Waals surface area contributed by atoms with Crippen molar-refractivity contribution in [1.82, 2.24) is 24.9 Å². The van der Waals surface area contributed by atoms with Crippen molar-refractivity contribution >= 4 is 34.9 Å². The SMILES string of the molecule is CC(=O)Nc1cn2nc(-c3cnc(Cl)c(C(=O)NC(C)c4ccccc4OC(F)(F)F)c3)ccc2n1. The number of rotatable bonds is 6. The third-order valence-electron chi connectivity index (χ3n) is 4.96. The Morgan fingerprint density at radius 3 is 2.64 bits per heavy atom. The largest absolute Gasteiger partial charge is 0.573 e. The van der Waals surface area contributed by atoms with Crippen LogP contribution in [0.3, 0.4) is 0 Å². The van der Waals surface area contributed by atoms with Crippen LogP contribution in [0.25, 0.3) is 16.9 Å². The highest BCUT2D eigenvalue weighted by Crippen LogP contribution is 2.31.